The van der Waals surface area contributed by atoms with E-state index in [-0.39, 0.29) is 18.0 Å². The Morgan fingerprint density at radius 2 is 1.77 bits per heavy atom. The Balaban J connectivity index is 1.55. The number of benzene rings is 1. The van der Waals surface area contributed by atoms with Gasteiger partial charge in [0.1, 0.15) is 5.60 Å². The van der Waals surface area contributed by atoms with Crippen LogP contribution in [0.25, 0.3) is 0 Å². The van der Waals surface area contributed by atoms with Crippen molar-refractivity contribution < 1.29 is 14.3 Å². The van der Waals surface area contributed by atoms with Crippen LogP contribution in [0, 0.1) is 6.92 Å². The highest BCUT2D eigenvalue weighted by Crippen LogP contribution is 2.26. The highest BCUT2D eigenvalue weighted by molar-refractivity contribution is 7.10. The van der Waals surface area contributed by atoms with Gasteiger partial charge in [-0.15, -0.1) is 11.3 Å². The van der Waals surface area contributed by atoms with E-state index in [4.69, 9.17) is 4.74 Å². The van der Waals surface area contributed by atoms with E-state index in [9.17, 15) is 9.59 Å². The van der Waals surface area contributed by atoms with Crippen LogP contribution in [-0.4, -0.2) is 60.1 Å². The van der Waals surface area contributed by atoms with Crippen molar-refractivity contribution in [1.29, 1.82) is 0 Å². The number of amides is 2. The summed E-state index contributed by atoms with van der Waals surface area (Å²) in [6, 6.07) is 12.2. The van der Waals surface area contributed by atoms with Crippen molar-refractivity contribution >= 4 is 23.3 Å². The van der Waals surface area contributed by atoms with Crippen LogP contribution in [-0.2, 0) is 9.53 Å². The molecule has 1 aromatic heterocycles. The molecule has 30 heavy (non-hydrogen) atoms. The normalized spacial score (nSPS) is 16.2. The van der Waals surface area contributed by atoms with E-state index in [2.05, 4.69) is 47.5 Å². The Bertz CT molecular complexity index is 836. The highest BCUT2D eigenvalue weighted by atomic mass is 32.1. The number of nitrogens with zero attached hydrogens (tertiary/aromatic N) is 2. The van der Waals surface area contributed by atoms with Crippen molar-refractivity contribution in [1.82, 2.24) is 15.1 Å². The average molecular weight is 430 g/mol. The molecule has 7 heteroatoms. The molecule has 1 aliphatic heterocycles. The zero-order valence-electron chi connectivity index (χ0n) is 18.2. The van der Waals surface area contributed by atoms with Crippen LogP contribution in [0.1, 0.15) is 42.8 Å². The number of ether oxygens (including phenoxy) is 1. The summed E-state index contributed by atoms with van der Waals surface area (Å²) in [6.07, 6.45) is -0.288. The Morgan fingerprint density at radius 3 is 2.33 bits per heavy atom. The van der Waals surface area contributed by atoms with Crippen LogP contribution in [0.2, 0.25) is 0 Å². The van der Waals surface area contributed by atoms with Crippen molar-refractivity contribution in [3.8, 4) is 0 Å². The molecule has 162 valence electrons. The zero-order chi connectivity index (χ0) is 21.7. The van der Waals surface area contributed by atoms with Crippen molar-refractivity contribution in [3.05, 3.63) is 57.8 Å². The minimum absolute atomic E-state index is 0.0142. The predicted molar refractivity (Wildman–Crippen MR) is 120 cm³/mol. The molecule has 0 spiro atoms. The fourth-order valence-electron chi connectivity index (χ4n) is 3.36. The standard InChI is InChI=1S/C23H31N3O3S/c1-17-7-9-18(10-8-17)21(19-6-5-15-30-19)24-20(27)16-25-11-13-26(14-12-25)22(28)29-23(2,3)4/h5-10,15,21H,11-14,16H2,1-4H3,(H,24,27)/t21-/m1/s1. The molecule has 3 rings (SSSR count). The van der Waals surface area contributed by atoms with Gasteiger partial charge in [0.25, 0.3) is 0 Å². The second kappa shape index (κ2) is 9.62. The van der Waals surface area contributed by atoms with Gasteiger partial charge in [-0.3, -0.25) is 9.69 Å². The largest absolute Gasteiger partial charge is 0.444 e. The number of hydrogen-bond acceptors (Lipinski definition) is 5. The fraction of sp³-hybridized carbons (Fsp3) is 0.478. The summed E-state index contributed by atoms with van der Waals surface area (Å²) in [5, 5.41) is 5.22. The van der Waals surface area contributed by atoms with Gasteiger partial charge in [-0.25, -0.2) is 4.79 Å². The third-order valence-corrected chi connectivity index (χ3v) is 5.87. The fourth-order valence-corrected chi connectivity index (χ4v) is 4.16. The minimum atomic E-state index is -0.499. The third kappa shape index (κ3) is 6.31. The Morgan fingerprint density at radius 1 is 1.10 bits per heavy atom. The molecule has 2 heterocycles. The Kier molecular flexibility index (Phi) is 7.15. The molecule has 0 bridgehead atoms. The summed E-state index contributed by atoms with van der Waals surface area (Å²) in [5.41, 5.74) is 1.77. The van der Waals surface area contributed by atoms with Crippen LogP contribution >= 0.6 is 11.3 Å². The van der Waals surface area contributed by atoms with Crippen LogP contribution in [0.15, 0.2) is 41.8 Å². The first-order valence-corrected chi connectivity index (χ1v) is 11.2. The molecule has 1 saturated heterocycles. The summed E-state index contributed by atoms with van der Waals surface area (Å²) in [7, 11) is 0. The minimum Gasteiger partial charge on any atom is -0.444 e. The molecule has 6 nitrogen and oxygen atoms in total. The van der Waals surface area contributed by atoms with Gasteiger partial charge in [-0.05, 0) is 44.7 Å². The number of aryl methyl sites for hydroxylation is 1. The molecule has 1 aliphatic rings. The Hall–Kier alpha value is -2.38. The van der Waals surface area contributed by atoms with E-state index in [0.29, 0.717) is 32.7 Å². The lowest BCUT2D eigenvalue weighted by Gasteiger charge is -2.35. The van der Waals surface area contributed by atoms with Gasteiger partial charge in [0.2, 0.25) is 5.91 Å². The van der Waals surface area contributed by atoms with Crippen LogP contribution in [0.4, 0.5) is 4.79 Å². The predicted octanol–water partition coefficient (Wildman–Crippen LogP) is 3.81. The van der Waals surface area contributed by atoms with Gasteiger partial charge in [-0.2, -0.15) is 0 Å². The maximum Gasteiger partial charge on any atom is 0.410 e. The maximum absolute atomic E-state index is 12.8. The number of thiophene rings is 1. The zero-order valence-corrected chi connectivity index (χ0v) is 19.0. The molecule has 1 fully saturated rings. The maximum atomic E-state index is 12.8. The average Bonchev–Trinajstić information content (AvgIpc) is 3.20. The number of piperazine rings is 1. The number of carbonyl (C=O) groups excluding carboxylic acids is 2. The molecule has 1 aromatic carbocycles. The Labute approximate surface area is 182 Å². The molecular weight excluding hydrogens is 398 g/mol. The molecule has 1 N–H and O–H groups in total. The van der Waals surface area contributed by atoms with Crippen molar-refractivity contribution in [2.75, 3.05) is 32.7 Å². The van der Waals surface area contributed by atoms with E-state index in [1.807, 2.05) is 32.2 Å². The van der Waals surface area contributed by atoms with Crippen LogP contribution in [0.5, 0.6) is 0 Å². The van der Waals surface area contributed by atoms with Gasteiger partial charge in [-0.1, -0.05) is 35.9 Å². The SMILES string of the molecule is Cc1ccc([C@@H](NC(=O)CN2CCN(C(=O)OC(C)(C)C)CC2)c2cccs2)cc1. The van der Waals surface area contributed by atoms with Crippen molar-refractivity contribution in [2.45, 2.75) is 39.3 Å². The van der Waals surface area contributed by atoms with E-state index < -0.39 is 5.60 Å². The van der Waals surface area contributed by atoms with Gasteiger partial charge >= 0.3 is 6.09 Å². The van der Waals surface area contributed by atoms with Crippen LogP contribution < -0.4 is 5.32 Å². The monoisotopic (exact) mass is 429 g/mol. The molecular formula is C23H31N3O3S. The molecule has 0 radical (unpaired) electrons. The molecule has 1 atom stereocenters. The summed E-state index contributed by atoms with van der Waals surface area (Å²) in [4.78, 5) is 29.9. The van der Waals surface area contributed by atoms with E-state index in [1.54, 1.807) is 16.2 Å². The van der Waals surface area contributed by atoms with E-state index in [0.717, 1.165) is 10.4 Å². The quantitative estimate of drug-likeness (QED) is 0.785. The van der Waals surface area contributed by atoms with E-state index in [1.165, 1.54) is 5.56 Å². The van der Waals surface area contributed by atoms with Gasteiger partial charge in [0, 0.05) is 31.1 Å². The van der Waals surface area contributed by atoms with Gasteiger partial charge < -0.3 is 15.0 Å². The second-order valence-corrected chi connectivity index (χ2v) is 9.65. The smallest absolute Gasteiger partial charge is 0.410 e. The van der Waals surface area contributed by atoms with Gasteiger partial charge in [0.15, 0.2) is 0 Å². The molecule has 0 aliphatic carbocycles. The van der Waals surface area contributed by atoms with Gasteiger partial charge in [0.05, 0.1) is 12.6 Å². The molecule has 0 saturated carbocycles. The number of nitrogens with one attached hydrogen (secondary N) is 1. The summed E-state index contributed by atoms with van der Waals surface area (Å²) in [5.74, 6) is -0.0142. The number of carbonyl (C=O) groups is 2. The molecule has 0 unspecified atom stereocenters. The third-order valence-electron chi connectivity index (χ3n) is 4.93. The summed E-state index contributed by atoms with van der Waals surface area (Å²) < 4.78 is 5.44. The molecule has 2 aromatic rings. The van der Waals surface area contributed by atoms with E-state index >= 15 is 0 Å². The van der Waals surface area contributed by atoms with Crippen LogP contribution in [0.3, 0.4) is 0 Å². The highest BCUT2D eigenvalue weighted by Gasteiger charge is 2.27. The first kappa shape index (κ1) is 22.3. The molecule has 2 amide bonds. The summed E-state index contributed by atoms with van der Waals surface area (Å²) in [6.45, 7) is 10.4. The lowest BCUT2D eigenvalue weighted by molar-refractivity contribution is -0.123. The lowest BCUT2D eigenvalue weighted by atomic mass is 10.0. The second-order valence-electron chi connectivity index (χ2n) is 8.67. The first-order valence-electron chi connectivity index (χ1n) is 10.3. The number of rotatable bonds is 5. The first-order chi connectivity index (χ1) is 14.2. The topological polar surface area (TPSA) is 61.9 Å². The lowest BCUT2D eigenvalue weighted by Crippen LogP contribution is -2.52. The van der Waals surface area contributed by atoms with Crippen molar-refractivity contribution in [2.24, 2.45) is 0 Å². The van der Waals surface area contributed by atoms with Crippen molar-refractivity contribution in [3.63, 3.8) is 0 Å². The summed E-state index contributed by atoms with van der Waals surface area (Å²) >= 11 is 1.64. The number of hydrogen-bond donors (Lipinski definition) is 1.